The summed E-state index contributed by atoms with van der Waals surface area (Å²) in [7, 11) is 5.44. The van der Waals surface area contributed by atoms with Crippen molar-refractivity contribution in [3.8, 4) is 16.9 Å². The third kappa shape index (κ3) is 7.09. The first kappa shape index (κ1) is 33.9. The maximum Gasteiger partial charge on any atom is 0.291 e. The van der Waals surface area contributed by atoms with Crippen LogP contribution in [-0.4, -0.2) is 70.5 Å². The number of rotatable bonds is 9. The second-order valence-corrected chi connectivity index (χ2v) is 12.7. The van der Waals surface area contributed by atoms with Gasteiger partial charge in [0.15, 0.2) is 5.82 Å². The zero-order valence-electron chi connectivity index (χ0n) is 27.9. The molecule has 4 N–H and O–H groups in total. The van der Waals surface area contributed by atoms with Gasteiger partial charge in [0.2, 0.25) is 0 Å². The van der Waals surface area contributed by atoms with Crippen molar-refractivity contribution >= 4 is 40.7 Å². The van der Waals surface area contributed by atoms with Crippen LogP contribution in [0.1, 0.15) is 56.5 Å². The summed E-state index contributed by atoms with van der Waals surface area (Å²) in [5.41, 5.74) is 6.76. The number of hydrogen-bond donors (Lipinski definition) is 4. The van der Waals surface area contributed by atoms with Crippen LogP contribution < -0.4 is 26.0 Å². The topological polar surface area (TPSA) is 143 Å². The number of carbonyl (C=O) groups excluding carboxylic acids is 3. The summed E-state index contributed by atoms with van der Waals surface area (Å²) >= 11 is 6.91. The molecule has 1 fully saturated rings. The molecule has 6 rings (SSSR count). The standard InChI is InChI=1S/C36H39ClN8O4/c1-21-23(24-9-6-11-27(33(24)37)43-36(48)34-41-29-19-44(2)15-13-31(29)45(34)3)8-5-10-25(21)42-35(47)28-16-32(49-4)22(18-40-28)17-39-26-12-7-14-38-30(26)20-46/h5-6,8-11,16,18,26,38-39H,7,12-15,17,19H2,1-4H3,(H,42,47)(H,43,48)/t26-/m0/s1. The van der Waals surface area contributed by atoms with Gasteiger partial charge in [-0.3, -0.25) is 14.6 Å². The van der Waals surface area contributed by atoms with Gasteiger partial charge in [0, 0.05) is 74.4 Å². The lowest BCUT2D eigenvalue weighted by atomic mass is 9.98. The van der Waals surface area contributed by atoms with E-state index >= 15 is 0 Å². The van der Waals surface area contributed by atoms with Gasteiger partial charge in [-0.25, -0.2) is 9.78 Å². The van der Waals surface area contributed by atoms with Crippen LogP contribution in [0.15, 0.2) is 54.4 Å². The van der Waals surface area contributed by atoms with Crippen LogP contribution in [0.25, 0.3) is 11.1 Å². The van der Waals surface area contributed by atoms with Crippen molar-refractivity contribution in [1.29, 1.82) is 0 Å². The van der Waals surface area contributed by atoms with Crippen LogP contribution in [0, 0.1) is 6.92 Å². The SMILES string of the molecule is COc1cc(C(=O)Nc2cccc(-c3cccc(NC(=O)c4nc5c(n4C)CCN(C)C5)c3Cl)c2C)ncc1CN[C@H]1CCCNC1=C=O. The Morgan fingerprint density at radius 1 is 1.10 bits per heavy atom. The van der Waals surface area contributed by atoms with Crippen molar-refractivity contribution < 1.29 is 19.1 Å². The molecule has 12 nitrogen and oxygen atoms in total. The van der Waals surface area contributed by atoms with Gasteiger partial charge in [-0.2, -0.15) is 0 Å². The second kappa shape index (κ2) is 14.6. The lowest BCUT2D eigenvalue weighted by molar-refractivity contribution is 0.100. The first-order chi connectivity index (χ1) is 23.7. The number of ether oxygens (including phenoxy) is 1. The molecule has 0 saturated carbocycles. The van der Waals surface area contributed by atoms with E-state index in [9.17, 15) is 14.4 Å². The molecule has 254 valence electrons. The molecule has 13 heteroatoms. The highest BCUT2D eigenvalue weighted by Gasteiger charge is 2.25. The van der Waals surface area contributed by atoms with Gasteiger partial charge in [-0.1, -0.05) is 35.9 Å². The molecule has 2 aliphatic heterocycles. The highest BCUT2D eigenvalue weighted by Crippen LogP contribution is 2.38. The Kier molecular flexibility index (Phi) is 10.1. The van der Waals surface area contributed by atoms with Crippen molar-refractivity contribution in [3.05, 3.63) is 93.4 Å². The van der Waals surface area contributed by atoms with Crippen molar-refractivity contribution in [2.45, 2.75) is 45.3 Å². The Morgan fingerprint density at radius 3 is 2.63 bits per heavy atom. The number of amides is 2. The van der Waals surface area contributed by atoms with Gasteiger partial charge >= 0.3 is 0 Å². The summed E-state index contributed by atoms with van der Waals surface area (Å²) in [6, 6.07) is 12.5. The number of hydrogen-bond acceptors (Lipinski definition) is 9. The van der Waals surface area contributed by atoms with Crippen molar-refractivity contribution in [1.82, 2.24) is 30.1 Å². The van der Waals surface area contributed by atoms with Gasteiger partial charge < -0.3 is 35.5 Å². The van der Waals surface area contributed by atoms with Crippen LogP contribution in [0.2, 0.25) is 5.02 Å². The summed E-state index contributed by atoms with van der Waals surface area (Å²) in [5, 5.41) is 12.7. The predicted molar refractivity (Wildman–Crippen MR) is 189 cm³/mol. The number of nitrogens with zero attached hydrogens (tertiary/aromatic N) is 4. The van der Waals surface area contributed by atoms with E-state index in [1.807, 2.05) is 61.9 Å². The fourth-order valence-electron chi connectivity index (χ4n) is 6.38. The monoisotopic (exact) mass is 682 g/mol. The number of fused-ring (bicyclic) bond motifs is 1. The Balaban J connectivity index is 1.17. The maximum absolute atomic E-state index is 13.4. The summed E-state index contributed by atoms with van der Waals surface area (Å²) in [6.45, 7) is 4.66. The lowest BCUT2D eigenvalue weighted by Gasteiger charge is -2.25. The highest BCUT2D eigenvalue weighted by atomic mass is 35.5. The second-order valence-electron chi connectivity index (χ2n) is 12.3. The van der Waals surface area contributed by atoms with Gasteiger partial charge in [-0.05, 0) is 50.1 Å². The van der Waals surface area contributed by atoms with Crippen molar-refractivity contribution in [2.24, 2.45) is 7.05 Å². The molecule has 0 aliphatic carbocycles. The molecule has 0 radical (unpaired) electrons. The van der Waals surface area contributed by atoms with E-state index in [-0.39, 0.29) is 17.6 Å². The van der Waals surface area contributed by atoms with Crippen molar-refractivity contribution in [3.63, 3.8) is 0 Å². The zero-order valence-corrected chi connectivity index (χ0v) is 28.7. The van der Waals surface area contributed by atoms with Gasteiger partial charge in [-0.15, -0.1) is 0 Å². The van der Waals surface area contributed by atoms with E-state index in [1.165, 1.54) is 7.11 Å². The summed E-state index contributed by atoms with van der Waals surface area (Å²) in [5.74, 6) is 2.07. The molecule has 1 atom stereocenters. The van der Waals surface area contributed by atoms with Crippen LogP contribution >= 0.6 is 11.6 Å². The average molecular weight is 683 g/mol. The molecule has 0 bridgehead atoms. The molecule has 49 heavy (non-hydrogen) atoms. The number of pyridine rings is 1. The number of likely N-dealkylation sites (N-methyl/N-ethyl adjacent to an activating group) is 1. The minimum absolute atomic E-state index is 0.131. The predicted octanol–water partition coefficient (Wildman–Crippen LogP) is 4.50. The van der Waals surface area contributed by atoms with E-state index in [0.29, 0.717) is 52.3 Å². The molecule has 2 amide bonds. The fourth-order valence-corrected chi connectivity index (χ4v) is 6.65. The number of anilines is 2. The number of carbonyl (C=O) groups is 2. The number of nitrogens with one attached hydrogen (secondary N) is 4. The number of halogens is 1. The Morgan fingerprint density at radius 2 is 1.86 bits per heavy atom. The van der Waals surface area contributed by atoms with Crippen molar-refractivity contribution in [2.75, 3.05) is 37.9 Å². The molecule has 0 spiro atoms. The van der Waals surface area contributed by atoms with Gasteiger partial charge in [0.25, 0.3) is 11.8 Å². The number of imidazole rings is 1. The molecule has 4 heterocycles. The van der Waals surface area contributed by atoms with Crippen LogP contribution in [0.4, 0.5) is 11.4 Å². The largest absolute Gasteiger partial charge is 0.496 e. The number of benzene rings is 2. The smallest absolute Gasteiger partial charge is 0.291 e. The Bertz CT molecular complexity index is 1970. The fraction of sp³-hybridized carbons (Fsp3) is 0.333. The van der Waals surface area contributed by atoms with Crippen LogP contribution in [0.5, 0.6) is 5.75 Å². The Hall–Kier alpha value is -5.00. The summed E-state index contributed by atoms with van der Waals surface area (Å²) in [6.07, 6.45) is 4.19. The molecule has 4 aromatic rings. The molecule has 0 unspecified atom stereocenters. The zero-order chi connectivity index (χ0) is 34.7. The lowest BCUT2D eigenvalue weighted by Crippen LogP contribution is -2.41. The van der Waals surface area contributed by atoms with Crippen LogP contribution in [0.3, 0.4) is 0 Å². The van der Waals surface area contributed by atoms with Gasteiger partial charge in [0.05, 0.1) is 29.6 Å². The molecule has 2 aliphatic rings. The van der Waals surface area contributed by atoms with E-state index < -0.39 is 5.91 Å². The number of piperidine rings is 1. The molecule has 2 aromatic heterocycles. The molecular formula is C36H39ClN8O4. The Labute approximate surface area is 289 Å². The van der Waals surface area contributed by atoms with E-state index in [4.69, 9.17) is 16.3 Å². The maximum atomic E-state index is 13.4. The first-order valence-corrected chi connectivity index (χ1v) is 16.6. The molecular weight excluding hydrogens is 644 g/mol. The molecule has 2 aromatic carbocycles. The summed E-state index contributed by atoms with van der Waals surface area (Å²) < 4.78 is 7.44. The molecule has 1 saturated heterocycles. The third-order valence-electron chi connectivity index (χ3n) is 9.15. The highest BCUT2D eigenvalue weighted by molar-refractivity contribution is 6.36. The van der Waals surface area contributed by atoms with Crippen LogP contribution in [-0.2, 0) is 31.4 Å². The summed E-state index contributed by atoms with van der Waals surface area (Å²) in [4.78, 5) is 49.3. The average Bonchev–Trinajstić information content (AvgIpc) is 3.44. The first-order valence-electron chi connectivity index (χ1n) is 16.2. The van der Waals surface area contributed by atoms with Gasteiger partial charge in [0.1, 0.15) is 23.1 Å². The van der Waals surface area contributed by atoms with E-state index in [1.54, 1.807) is 18.3 Å². The number of methoxy groups -OCH3 is 1. The quantitative estimate of drug-likeness (QED) is 0.188. The minimum Gasteiger partial charge on any atom is -0.496 e. The normalized spacial score (nSPS) is 15.9. The van der Waals surface area contributed by atoms with E-state index in [2.05, 4.69) is 36.1 Å². The minimum atomic E-state index is -0.406. The third-order valence-corrected chi connectivity index (χ3v) is 9.55. The van der Waals surface area contributed by atoms with E-state index in [0.717, 1.165) is 60.4 Å². The number of aromatic nitrogens is 3.